The molecule has 26 heavy (non-hydrogen) atoms. The molecule has 6 heteroatoms. The van der Waals surface area contributed by atoms with Crippen LogP contribution in [0.3, 0.4) is 0 Å². The van der Waals surface area contributed by atoms with E-state index in [1.807, 2.05) is 61.5 Å². The van der Waals surface area contributed by atoms with Crippen LogP contribution in [0.1, 0.15) is 24.3 Å². The Morgan fingerprint density at radius 1 is 1.31 bits per heavy atom. The molecule has 2 rings (SSSR count). The minimum atomic E-state index is -0.0461. The van der Waals surface area contributed by atoms with E-state index >= 15 is 0 Å². The van der Waals surface area contributed by atoms with Gasteiger partial charge in [-0.2, -0.15) is 0 Å². The van der Waals surface area contributed by atoms with Gasteiger partial charge in [-0.3, -0.25) is 4.79 Å². The van der Waals surface area contributed by atoms with Crippen LogP contribution in [-0.4, -0.2) is 38.1 Å². The monoisotopic (exact) mass is 376 g/mol. The lowest BCUT2D eigenvalue weighted by atomic mass is 10.1. The van der Waals surface area contributed by atoms with E-state index in [0.29, 0.717) is 37.7 Å². The van der Waals surface area contributed by atoms with Crippen molar-refractivity contribution in [3.8, 4) is 11.5 Å². The topological polar surface area (TPSA) is 50.8 Å². The molecule has 1 atom stereocenters. The van der Waals surface area contributed by atoms with E-state index in [1.165, 1.54) is 0 Å². The van der Waals surface area contributed by atoms with E-state index in [1.54, 1.807) is 18.4 Å². The second-order valence-electron chi connectivity index (χ2n) is 6.16. The minimum Gasteiger partial charge on any atom is -0.493 e. The quantitative estimate of drug-likeness (QED) is 0.689. The maximum absolute atomic E-state index is 12.6. The van der Waals surface area contributed by atoms with Gasteiger partial charge in [-0.25, -0.2) is 0 Å². The molecule has 0 spiro atoms. The van der Waals surface area contributed by atoms with Crippen molar-refractivity contribution < 1.29 is 14.3 Å². The van der Waals surface area contributed by atoms with E-state index in [4.69, 9.17) is 9.47 Å². The third-order valence-corrected chi connectivity index (χ3v) is 5.03. The molecule has 0 fully saturated rings. The zero-order valence-electron chi connectivity index (χ0n) is 16.0. The first kappa shape index (κ1) is 20.3. The van der Waals surface area contributed by atoms with Crippen LogP contribution in [0.25, 0.3) is 0 Å². The molecule has 1 unspecified atom stereocenters. The molecule has 1 aromatic carbocycles. The predicted molar refractivity (Wildman–Crippen MR) is 106 cm³/mol. The van der Waals surface area contributed by atoms with Gasteiger partial charge in [0.2, 0.25) is 5.91 Å². The van der Waals surface area contributed by atoms with Gasteiger partial charge in [0.05, 0.1) is 7.11 Å². The molecular weight excluding hydrogens is 348 g/mol. The molecule has 1 aromatic heterocycles. The van der Waals surface area contributed by atoms with E-state index in [2.05, 4.69) is 5.32 Å². The Balaban J connectivity index is 2.05. The third-order valence-electron chi connectivity index (χ3n) is 4.18. The number of amides is 1. The minimum absolute atomic E-state index is 0.0461. The van der Waals surface area contributed by atoms with Crippen LogP contribution in [-0.2, 0) is 17.9 Å². The Bertz CT molecular complexity index is 688. The second kappa shape index (κ2) is 10.2. The van der Waals surface area contributed by atoms with E-state index in [-0.39, 0.29) is 11.8 Å². The third kappa shape index (κ3) is 5.47. The zero-order valence-corrected chi connectivity index (χ0v) is 16.8. The summed E-state index contributed by atoms with van der Waals surface area (Å²) < 4.78 is 11.4. The number of rotatable bonds is 10. The number of hydrogen-bond acceptors (Lipinski definition) is 5. The zero-order chi connectivity index (χ0) is 18.9. The summed E-state index contributed by atoms with van der Waals surface area (Å²) in [4.78, 5) is 15.6. The first-order valence-electron chi connectivity index (χ1n) is 8.84. The van der Waals surface area contributed by atoms with E-state index < -0.39 is 0 Å². The van der Waals surface area contributed by atoms with E-state index in [9.17, 15) is 4.79 Å². The number of methoxy groups -OCH3 is 1. The fraction of sp³-hybridized carbons (Fsp3) is 0.450. The number of nitrogens with zero attached hydrogens (tertiary/aromatic N) is 1. The predicted octanol–water partition coefficient (Wildman–Crippen LogP) is 3.54. The van der Waals surface area contributed by atoms with Crippen molar-refractivity contribution in [2.24, 2.45) is 5.92 Å². The van der Waals surface area contributed by atoms with Crippen LogP contribution in [0, 0.1) is 5.92 Å². The lowest BCUT2D eigenvalue weighted by Crippen LogP contribution is -2.38. The molecule has 0 bridgehead atoms. The number of ether oxygens (including phenoxy) is 2. The number of carbonyl (C=O) groups excluding carboxylic acids is 1. The molecule has 1 heterocycles. The van der Waals surface area contributed by atoms with Crippen LogP contribution in [0.4, 0.5) is 0 Å². The normalized spacial score (nSPS) is 11.8. The Hall–Kier alpha value is -2.05. The largest absolute Gasteiger partial charge is 0.493 e. The number of benzene rings is 1. The van der Waals surface area contributed by atoms with Gasteiger partial charge in [-0.15, -0.1) is 11.3 Å². The summed E-state index contributed by atoms with van der Waals surface area (Å²) in [6.45, 7) is 6.38. The molecule has 2 aromatic rings. The van der Waals surface area contributed by atoms with Crippen molar-refractivity contribution in [1.82, 2.24) is 10.2 Å². The first-order valence-corrected chi connectivity index (χ1v) is 9.72. The average molecular weight is 377 g/mol. The lowest BCUT2D eigenvalue weighted by Gasteiger charge is -2.25. The number of nitrogens with one attached hydrogen (secondary N) is 1. The molecule has 142 valence electrons. The molecule has 1 N–H and O–H groups in total. The number of carbonyl (C=O) groups is 1. The maximum Gasteiger partial charge on any atom is 0.226 e. The molecule has 0 aliphatic carbocycles. The Labute approximate surface area is 159 Å². The number of hydrogen-bond donors (Lipinski definition) is 1. The molecule has 0 saturated heterocycles. The van der Waals surface area contributed by atoms with Gasteiger partial charge in [-0.1, -0.05) is 19.1 Å². The highest BCUT2D eigenvalue weighted by atomic mass is 32.1. The summed E-state index contributed by atoms with van der Waals surface area (Å²) in [5.74, 6) is 1.50. The van der Waals surface area contributed by atoms with Gasteiger partial charge in [0, 0.05) is 30.4 Å². The van der Waals surface area contributed by atoms with Crippen molar-refractivity contribution in [2.75, 3.05) is 27.2 Å². The van der Waals surface area contributed by atoms with Crippen molar-refractivity contribution in [2.45, 2.75) is 27.0 Å². The SMILES string of the molecule is CCN(Cc1ccc(OCc2cccs2)c(OC)c1)C(=O)C(C)CNC. The molecule has 0 aliphatic heterocycles. The summed E-state index contributed by atoms with van der Waals surface area (Å²) >= 11 is 1.66. The lowest BCUT2D eigenvalue weighted by molar-refractivity contribution is -0.135. The van der Waals surface area contributed by atoms with Crippen molar-refractivity contribution in [3.05, 3.63) is 46.2 Å². The van der Waals surface area contributed by atoms with Gasteiger partial charge in [0.1, 0.15) is 6.61 Å². The molecule has 0 aliphatic rings. The summed E-state index contributed by atoms with van der Waals surface area (Å²) in [5.41, 5.74) is 1.03. The fourth-order valence-corrected chi connectivity index (χ4v) is 3.36. The second-order valence-corrected chi connectivity index (χ2v) is 7.20. The smallest absolute Gasteiger partial charge is 0.226 e. The average Bonchev–Trinajstić information content (AvgIpc) is 3.18. The van der Waals surface area contributed by atoms with E-state index in [0.717, 1.165) is 10.4 Å². The summed E-state index contributed by atoms with van der Waals surface area (Å²) in [7, 11) is 3.49. The molecule has 0 saturated carbocycles. The van der Waals surface area contributed by atoms with Crippen LogP contribution < -0.4 is 14.8 Å². The summed E-state index contributed by atoms with van der Waals surface area (Å²) in [5, 5.41) is 5.09. The Morgan fingerprint density at radius 2 is 2.12 bits per heavy atom. The molecule has 1 amide bonds. The standard InChI is InChI=1S/C20H28N2O3S/c1-5-22(20(23)15(2)12-21-3)13-16-8-9-18(19(11-16)24-4)25-14-17-7-6-10-26-17/h6-11,15,21H,5,12-14H2,1-4H3. The highest BCUT2D eigenvalue weighted by molar-refractivity contribution is 7.09. The van der Waals surface area contributed by atoms with Gasteiger partial charge in [-0.05, 0) is 43.1 Å². The van der Waals surface area contributed by atoms with Crippen LogP contribution in [0.5, 0.6) is 11.5 Å². The van der Waals surface area contributed by atoms with Gasteiger partial charge in [0.25, 0.3) is 0 Å². The van der Waals surface area contributed by atoms with Crippen molar-refractivity contribution in [3.63, 3.8) is 0 Å². The van der Waals surface area contributed by atoms with Crippen LogP contribution in [0.15, 0.2) is 35.7 Å². The van der Waals surface area contributed by atoms with Crippen molar-refractivity contribution >= 4 is 17.2 Å². The van der Waals surface area contributed by atoms with Gasteiger partial charge < -0.3 is 19.7 Å². The van der Waals surface area contributed by atoms with Crippen LogP contribution in [0.2, 0.25) is 0 Å². The fourth-order valence-electron chi connectivity index (χ4n) is 2.74. The first-order chi connectivity index (χ1) is 12.6. The van der Waals surface area contributed by atoms with Gasteiger partial charge >= 0.3 is 0 Å². The Kier molecular flexibility index (Phi) is 7.94. The molecule has 0 radical (unpaired) electrons. The summed E-state index contributed by atoms with van der Waals surface area (Å²) in [6, 6.07) is 9.90. The molecular formula is C20H28N2O3S. The van der Waals surface area contributed by atoms with Crippen LogP contribution >= 0.6 is 11.3 Å². The van der Waals surface area contributed by atoms with Gasteiger partial charge in [0.15, 0.2) is 11.5 Å². The highest BCUT2D eigenvalue weighted by Crippen LogP contribution is 2.30. The van der Waals surface area contributed by atoms with Crippen molar-refractivity contribution in [1.29, 1.82) is 0 Å². The highest BCUT2D eigenvalue weighted by Gasteiger charge is 2.19. The number of thiophene rings is 1. The summed E-state index contributed by atoms with van der Waals surface area (Å²) in [6.07, 6.45) is 0. The Morgan fingerprint density at radius 3 is 2.73 bits per heavy atom. The molecule has 5 nitrogen and oxygen atoms in total. The maximum atomic E-state index is 12.6.